The molecule has 0 bridgehead atoms. The summed E-state index contributed by atoms with van der Waals surface area (Å²) in [6, 6.07) is 18.4. The van der Waals surface area contributed by atoms with Gasteiger partial charge < -0.3 is 0 Å². The summed E-state index contributed by atoms with van der Waals surface area (Å²) < 4.78 is 40.1. The molecule has 198 valence electrons. The fourth-order valence-electron chi connectivity index (χ4n) is 7.39. The van der Waals surface area contributed by atoms with E-state index in [4.69, 9.17) is 0 Å². The number of halogens is 3. The van der Waals surface area contributed by atoms with Crippen molar-refractivity contribution < 1.29 is 13.2 Å². The van der Waals surface area contributed by atoms with Gasteiger partial charge in [0.25, 0.3) is 0 Å². The van der Waals surface area contributed by atoms with Gasteiger partial charge in [0.15, 0.2) is 17.5 Å². The molecule has 36 heavy (non-hydrogen) atoms. The second kappa shape index (κ2) is 13.3. The highest BCUT2D eigenvalue weighted by Crippen LogP contribution is 2.52. The van der Waals surface area contributed by atoms with E-state index in [-0.39, 0.29) is 0 Å². The Balaban J connectivity index is 1.27. The molecule has 1 heterocycles. The van der Waals surface area contributed by atoms with Crippen LogP contribution in [0.5, 0.6) is 0 Å². The summed E-state index contributed by atoms with van der Waals surface area (Å²) in [5, 5.41) is 0. The summed E-state index contributed by atoms with van der Waals surface area (Å²) in [4.78, 5) is 0. The van der Waals surface area contributed by atoms with Crippen molar-refractivity contribution in [2.24, 2.45) is 11.8 Å². The number of rotatable bonds is 11. The van der Waals surface area contributed by atoms with Gasteiger partial charge in [-0.3, -0.25) is 0 Å². The molecule has 2 aromatic rings. The van der Waals surface area contributed by atoms with Crippen molar-refractivity contribution in [3.63, 3.8) is 0 Å². The minimum absolute atomic E-state index is 0.400. The van der Waals surface area contributed by atoms with Crippen LogP contribution in [0.25, 0.3) is 0 Å². The Bertz CT molecular complexity index is 905. The van der Waals surface area contributed by atoms with Crippen molar-refractivity contribution >= 4 is 8.80 Å². The first-order chi connectivity index (χ1) is 17.5. The average Bonchev–Trinajstić information content (AvgIpc) is 2.91. The third-order valence-electron chi connectivity index (χ3n) is 9.56. The molecule has 0 aromatic heterocycles. The molecular weight excluding hydrogens is 469 g/mol. The lowest BCUT2D eigenvalue weighted by Crippen LogP contribution is -2.42. The van der Waals surface area contributed by atoms with Gasteiger partial charge in [-0.05, 0) is 79.0 Å². The van der Waals surface area contributed by atoms with E-state index in [0.717, 1.165) is 36.8 Å². The van der Waals surface area contributed by atoms with Crippen LogP contribution < -0.4 is 0 Å². The van der Waals surface area contributed by atoms with Gasteiger partial charge in [-0.25, -0.2) is 13.2 Å². The average molecular weight is 515 g/mol. The van der Waals surface area contributed by atoms with Crippen molar-refractivity contribution in [1.82, 2.24) is 0 Å². The van der Waals surface area contributed by atoms with Gasteiger partial charge in [0.1, 0.15) is 0 Å². The smallest absolute Gasteiger partial charge is 0.194 e. The van der Waals surface area contributed by atoms with E-state index >= 15 is 0 Å². The molecule has 0 atom stereocenters. The van der Waals surface area contributed by atoms with Crippen LogP contribution in [0.3, 0.4) is 0 Å². The Hall–Kier alpha value is -1.55. The van der Waals surface area contributed by atoms with Crippen LogP contribution >= 0.6 is 0 Å². The van der Waals surface area contributed by atoms with E-state index in [1.54, 1.807) is 11.6 Å². The highest BCUT2D eigenvalue weighted by atomic mass is 28.3. The predicted molar refractivity (Wildman–Crippen MR) is 148 cm³/mol. The Kier molecular flexibility index (Phi) is 10.2. The molecule has 1 aliphatic carbocycles. The quantitative estimate of drug-likeness (QED) is 0.159. The molecule has 1 saturated carbocycles. The number of benzene rings is 2. The van der Waals surface area contributed by atoms with Gasteiger partial charge in [0.2, 0.25) is 0 Å². The molecule has 1 aliphatic heterocycles. The summed E-state index contributed by atoms with van der Waals surface area (Å²) in [7, 11) is -0.553. The van der Waals surface area contributed by atoms with E-state index in [1.165, 1.54) is 76.3 Å². The third-order valence-corrected chi connectivity index (χ3v) is 13.0. The first kappa shape index (κ1) is 27.5. The van der Waals surface area contributed by atoms with Gasteiger partial charge in [-0.2, -0.15) is 0 Å². The van der Waals surface area contributed by atoms with Gasteiger partial charge in [0.05, 0.1) is 0 Å². The zero-order chi connectivity index (χ0) is 25.4. The molecule has 2 aliphatic rings. The second-order valence-corrected chi connectivity index (χ2v) is 15.3. The van der Waals surface area contributed by atoms with E-state index in [0.29, 0.717) is 17.4 Å². The fraction of sp³-hybridized carbons (Fsp3) is 0.625. The fourth-order valence-corrected chi connectivity index (χ4v) is 11.0. The maximum Gasteiger partial charge on any atom is 0.194 e. The summed E-state index contributed by atoms with van der Waals surface area (Å²) in [6.07, 6.45) is 16.2. The first-order valence-corrected chi connectivity index (χ1v) is 17.2. The molecule has 1 saturated heterocycles. The predicted octanol–water partition coefficient (Wildman–Crippen LogP) is 9.77. The maximum atomic E-state index is 13.5. The molecule has 0 nitrogen and oxygen atoms in total. The van der Waals surface area contributed by atoms with Crippen LogP contribution in [0.1, 0.15) is 95.1 Å². The Morgan fingerprint density at radius 1 is 0.833 bits per heavy atom. The topological polar surface area (TPSA) is 0 Å². The number of hydrogen-bond acceptors (Lipinski definition) is 0. The maximum absolute atomic E-state index is 13.5. The Morgan fingerprint density at radius 2 is 1.50 bits per heavy atom. The van der Waals surface area contributed by atoms with E-state index in [1.807, 2.05) is 0 Å². The molecule has 0 N–H and O–H groups in total. The summed E-state index contributed by atoms with van der Waals surface area (Å²) in [6.45, 7) is 2.31. The molecule has 2 fully saturated rings. The van der Waals surface area contributed by atoms with Crippen molar-refractivity contribution in [1.29, 1.82) is 0 Å². The lowest BCUT2D eigenvalue weighted by Gasteiger charge is -2.48. The summed E-state index contributed by atoms with van der Waals surface area (Å²) in [5.74, 6) is -1.93. The van der Waals surface area contributed by atoms with Gasteiger partial charge in [-0.15, -0.1) is 0 Å². The summed E-state index contributed by atoms with van der Waals surface area (Å²) >= 11 is 0. The van der Waals surface area contributed by atoms with E-state index in [9.17, 15) is 13.2 Å². The lowest BCUT2D eigenvalue weighted by molar-refractivity contribution is 0.149. The Morgan fingerprint density at radius 3 is 2.14 bits per heavy atom. The molecule has 0 unspecified atom stereocenters. The minimum atomic E-state index is -1.36. The van der Waals surface area contributed by atoms with Gasteiger partial charge in [-0.1, -0.05) is 100 Å². The SMILES string of the molecule is CCCCC[SiH]1CCC(c2ccccc2)([C@H]2CC[C@H](CCCCc3cc(F)c(F)c(F)c3)CC2)CC1. The van der Waals surface area contributed by atoms with Crippen LogP contribution in [0.2, 0.25) is 18.1 Å². The lowest BCUT2D eigenvalue weighted by atomic mass is 9.60. The first-order valence-electron chi connectivity index (χ1n) is 14.7. The molecule has 4 heteroatoms. The zero-order valence-electron chi connectivity index (χ0n) is 22.2. The Labute approximate surface area is 218 Å². The molecule has 4 rings (SSSR count). The number of aryl methyl sites for hydroxylation is 1. The summed E-state index contributed by atoms with van der Waals surface area (Å²) in [5.41, 5.74) is 2.57. The van der Waals surface area contributed by atoms with Crippen LogP contribution in [0, 0.1) is 29.3 Å². The monoisotopic (exact) mass is 514 g/mol. The minimum Gasteiger partial charge on any atom is -0.204 e. The molecule has 0 radical (unpaired) electrons. The standard InChI is InChI=1S/C32H45F3Si/c1-2-3-9-20-36-21-18-32(19-22-36,27-12-5-4-6-13-27)28-16-14-25(15-17-28)10-7-8-11-26-23-29(33)31(35)30(34)24-26/h4-6,12-13,23-25,28,36H,2-3,7-11,14-22H2,1H3/t25-,28-,32?,36?. The number of hydrogen-bond donors (Lipinski definition) is 0. The van der Waals surface area contributed by atoms with E-state index in [2.05, 4.69) is 37.3 Å². The molecule has 0 amide bonds. The van der Waals surface area contributed by atoms with Crippen LogP contribution in [-0.4, -0.2) is 8.80 Å². The molecule has 2 aromatic carbocycles. The zero-order valence-corrected chi connectivity index (χ0v) is 23.4. The third kappa shape index (κ3) is 6.85. The number of unbranched alkanes of at least 4 members (excludes halogenated alkanes) is 3. The van der Waals surface area contributed by atoms with Gasteiger partial charge >= 0.3 is 0 Å². The molecular formula is C32H45F3Si. The normalized spacial score (nSPS) is 26.7. The largest absolute Gasteiger partial charge is 0.204 e. The van der Waals surface area contributed by atoms with Crippen molar-refractivity contribution in [3.8, 4) is 0 Å². The van der Waals surface area contributed by atoms with Gasteiger partial charge in [0, 0.05) is 8.80 Å². The van der Waals surface area contributed by atoms with Crippen LogP contribution in [0.15, 0.2) is 42.5 Å². The highest BCUT2D eigenvalue weighted by molar-refractivity contribution is 6.59. The van der Waals surface area contributed by atoms with Crippen molar-refractivity contribution in [2.45, 2.75) is 114 Å². The molecule has 0 spiro atoms. The van der Waals surface area contributed by atoms with Crippen molar-refractivity contribution in [2.75, 3.05) is 0 Å². The van der Waals surface area contributed by atoms with Crippen LogP contribution in [-0.2, 0) is 11.8 Å². The van der Waals surface area contributed by atoms with E-state index < -0.39 is 26.2 Å². The van der Waals surface area contributed by atoms with Crippen LogP contribution in [0.4, 0.5) is 13.2 Å². The van der Waals surface area contributed by atoms with Crippen molar-refractivity contribution in [3.05, 3.63) is 71.0 Å². The highest BCUT2D eigenvalue weighted by Gasteiger charge is 2.44. The second-order valence-electron chi connectivity index (χ2n) is 11.8.